The van der Waals surface area contributed by atoms with Gasteiger partial charge in [0.15, 0.2) is 6.29 Å². The van der Waals surface area contributed by atoms with Crippen LogP contribution in [0.3, 0.4) is 0 Å². The molecule has 1 heterocycles. The molecule has 0 radical (unpaired) electrons. The van der Waals surface area contributed by atoms with Gasteiger partial charge in [0.1, 0.15) is 0 Å². The average Bonchev–Trinajstić information content (AvgIpc) is 2.56. The van der Waals surface area contributed by atoms with Crippen molar-refractivity contribution in [3.8, 4) is 0 Å². The van der Waals surface area contributed by atoms with Gasteiger partial charge in [-0.15, -0.1) is 0 Å². The first-order valence-electron chi connectivity index (χ1n) is 5.39. The van der Waals surface area contributed by atoms with Crippen molar-refractivity contribution >= 4 is 17.8 Å². The van der Waals surface area contributed by atoms with E-state index in [1.54, 1.807) is 13.8 Å². The van der Waals surface area contributed by atoms with Crippen LogP contribution in [0.2, 0.25) is 0 Å². The van der Waals surface area contributed by atoms with Crippen molar-refractivity contribution in [2.45, 2.75) is 26.6 Å². The molecule has 0 aromatic heterocycles. The molecule has 0 aromatic carbocycles. The molecule has 0 saturated carbocycles. The highest BCUT2D eigenvalue weighted by molar-refractivity contribution is 6.12. The molecule has 0 fully saturated rings. The normalized spacial score (nSPS) is 16.5. The summed E-state index contributed by atoms with van der Waals surface area (Å²) in [7, 11) is 0. The van der Waals surface area contributed by atoms with E-state index in [0.717, 1.165) is 4.90 Å². The van der Waals surface area contributed by atoms with Crippen LogP contribution in [-0.4, -0.2) is 42.1 Å². The molecule has 1 unspecified atom stereocenters. The molecule has 0 saturated heterocycles. The minimum Gasteiger partial charge on any atom is -0.436 e. The predicted molar refractivity (Wildman–Crippen MR) is 57.7 cm³/mol. The summed E-state index contributed by atoms with van der Waals surface area (Å²) in [6, 6.07) is 0. The highest BCUT2D eigenvalue weighted by Crippen LogP contribution is 2.05. The Balaban J connectivity index is 2.29. The van der Waals surface area contributed by atoms with Gasteiger partial charge in [-0.25, -0.2) is 0 Å². The third kappa shape index (κ3) is 3.99. The van der Waals surface area contributed by atoms with Crippen molar-refractivity contribution in [1.82, 2.24) is 4.90 Å². The maximum atomic E-state index is 11.3. The lowest BCUT2D eigenvalue weighted by molar-refractivity contribution is -0.174. The molecule has 0 aromatic rings. The summed E-state index contributed by atoms with van der Waals surface area (Å²) in [4.78, 5) is 34.6. The van der Waals surface area contributed by atoms with Crippen molar-refractivity contribution in [3.63, 3.8) is 0 Å². The smallest absolute Gasteiger partial charge is 0.309 e. The number of carbonyl (C=O) groups is 3. The van der Waals surface area contributed by atoms with Crippen LogP contribution in [0.5, 0.6) is 0 Å². The molecule has 1 aliphatic heterocycles. The van der Waals surface area contributed by atoms with Gasteiger partial charge in [0.25, 0.3) is 11.8 Å². The molecular weight excluding hydrogens is 226 g/mol. The molecule has 0 bridgehead atoms. The van der Waals surface area contributed by atoms with Crippen LogP contribution in [0.4, 0.5) is 0 Å². The Morgan fingerprint density at radius 2 is 1.94 bits per heavy atom. The Labute approximate surface area is 99.2 Å². The number of ether oxygens (including phenoxy) is 2. The van der Waals surface area contributed by atoms with Gasteiger partial charge in [0.05, 0.1) is 6.42 Å². The lowest BCUT2D eigenvalue weighted by atomic mass is 10.4. The minimum absolute atomic E-state index is 0.0301. The number of imide groups is 1. The second kappa shape index (κ2) is 6.15. The van der Waals surface area contributed by atoms with Crippen molar-refractivity contribution in [2.75, 3.05) is 13.2 Å². The number of hydrogen-bond donors (Lipinski definition) is 0. The second-order valence-corrected chi connectivity index (χ2v) is 3.42. The van der Waals surface area contributed by atoms with Gasteiger partial charge in [0.2, 0.25) is 0 Å². The van der Waals surface area contributed by atoms with Crippen LogP contribution in [0.15, 0.2) is 12.2 Å². The molecule has 94 valence electrons. The highest BCUT2D eigenvalue weighted by Gasteiger charge is 2.24. The van der Waals surface area contributed by atoms with Crippen LogP contribution >= 0.6 is 0 Å². The first-order valence-corrected chi connectivity index (χ1v) is 5.39. The fourth-order valence-corrected chi connectivity index (χ4v) is 1.37. The van der Waals surface area contributed by atoms with E-state index in [2.05, 4.69) is 0 Å². The van der Waals surface area contributed by atoms with Crippen molar-refractivity contribution in [3.05, 3.63) is 12.2 Å². The molecule has 6 heteroatoms. The maximum Gasteiger partial charge on any atom is 0.309 e. The fourth-order valence-electron chi connectivity index (χ4n) is 1.37. The Morgan fingerprint density at radius 3 is 2.47 bits per heavy atom. The fraction of sp³-hybridized carbons (Fsp3) is 0.545. The van der Waals surface area contributed by atoms with E-state index in [4.69, 9.17) is 9.47 Å². The molecule has 2 amide bonds. The van der Waals surface area contributed by atoms with Crippen LogP contribution in [0.1, 0.15) is 20.3 Å². The van der Waals surface area contributed by atoms with Crippen molar-refractivity contribution in [2.24, 2.45) is 0 Å². The first kappa shape index (κ1) is 13.4. The van der Waals surface area contributed by atoms with E-state index in [1.807, 2.05) is 0 Å². The Kier molecular flexibility index (Phi) is 4.84. The Bertz CT molecular complexity index is 332. The SMILES string of the molecule is CCOC(C)OC(=O)CCN1C(=O)C=CC1=O. The van der Waals surface area contributed by atoms with Crippen molar-refractivity contribution in [1.29, 1.82) is 0 Å². The molecule has 17 heavy (non-hydrogen) atoms. The zero-order chi connectivity index (χ0) is 12.8. The summed E-state index contributed by atoms with van der Waals surface area (Å²) in [5.74, 6) is -1.31. The highest BCUT2D eigenvalue weighted by atomic mass is 16.7. The minimum atomic E-state index is -0.615. The molecule has 6 nitrogen and oxygen atoms in total. The van der Waals surface area contributed by atoms with Gasteiger partial charge >= 0.3 is 5.97 Å². The molecule has 0 spiro atoms. The summed E-state index contributed by atoms with van der Waals surface area (Å²) in [5, 5.41) is 0. The third-order valence-corrected chi connectivity index (χ3v) is 2.14. The van der Waals surface area contributed by atoms with Gasteiger partial charge in [0, 0.05) is 25.3 Å². The summed E-state index contributed by atoms with van der Waals surface area (Å²) < 4.78 is 9.91. The molecular formula is C11H15NO5. The zero-order valence-electron chi connectivity index (χ0n) is 9.84. The lowest BCUT2D eigenvalue weighted by Gasteiger charge is -2.15. The van der Waals surface area contributed by atoms with E-state index in [9.17, 15) is 14.4 Å². The number of nitrogens with zero attached hydrogens (tertiary/aromatic N) is 1. The van der Waals surface area contributed by atoms with E-state index >= 15 is 0 Å². The number of carbonyl (C=O) groups excluding carboxylic acids is 3. The zero-order valence-corrected chi connectivity index (χ0v) is 9.84. The predicted octanol–water partition coefficient (Wildman–Crippen LogP) is 0.227. The van der Waals surface area contributed by atoms with Gasteiger partial charge in [-0.3, -0.25) is 19.3 Å². The van der Waals surface area contributed by atoms with E-state index in [-0.39, 0.29) is 13.0 Å². The van der Waals surface area contributed by atoms with Gasteiger partial charge in [-0.2, -0.15) is 0 Å². The molecule has 1 atom stereocenters. The second-order valence-electron chi connectivity index (χ2n) is 3.42. The summed E-state index contributed by atoms with van der Waals surface area (Å²) in [5.41, 5.74) is 0. The molecule has 1 aliphatic rings. The number of rotatable bonds is 6. The Morgan fingerprint density at radius 1 is 1.35 bits per heavy atom. The third-order valence-electron chi connectivity index (χ3n) is 2.14. The Hall–Kier alpha value is -1.69. The molecule has 0 N–H and O–H groups in total. The number of hydrogen-bond acceptors (Lipinski definition) is 5. The van der Waals surface area contributed by atoms with Crippen LogP contribution in [0.25, 0.3) is 0 Å². The van der Waals surface area contributed by atoms with E-state index < -0.39 is 24.1 Å². The first-order chi connectivity index (χ1) is 8.04. The lowest BCUT2D eigenvalue weighted by Crippen LogP contribution is -2.32. The summed E-state index contributed by atoms with van der Waals surface area (Å²) >= 11 is 0. The van der Waals surface area contributed by atoms with Crippen molar-refractivity contribution < 1.29 is 23.9 Å². The maximum absolute atomic E-state index is 11.3. The monoisotopic (exact) mass is 241 g/mol. The van der Waals surface area contributed by atoms with Gasteiger partial charge < -0.3 is 9.47 Å². The van der Waals surface area contributed by atoms with Crippen LogP contribution in [0, 0.1) is 0 Å². The topological polar surface area (TPSA) is 72.9 Å². The van der Waals surface area contributed by atoms with E-state index in [0.29, 0.717) is 6.61 Å². The largest absolute Gasteiger partial charge is 0.436 e. The average molecular weight is 241 g/mol. The molecule has 1 rings (SSSR count). The quantitative estimate of drug-likeness (QED) is 0.378. The van der Waals surface area contributed by atoms with Crippen LogP contribution < -0.4 is 0 Å². The summed E-state index contributed by atoms with van der Waals surface area (Å²) in [6.07, 6.45) is 1.71. The van der Waals surface area contributed by atoms with Gasteiger partial charge in [-0.05, 0) is 13.8 Å². The van der Waals surface area contributed by atoms with Crippen LogP contribution in [-0.2, 0) is 23.9 Å². The van der Waals surface area contributed by atoms with E-state index in [1.165, 1.54) is 12.2 Å². The summed E-state index contributed by atoms with van der Waals surface area (Å²) in [6.45, 7) is 3.87. The number of esters is 1. The molecule has 0 aliphatic carbocycles. The van der Waals surface area contributed by atoms with Gasteiger partial charge in [-0.1, -0.05) is 0 Å². The number of amides is 2. The standard InChI is InChI=1S/C11H15NO5/c1-3-16-8(2)17-11(15)6-7-12-9(13)4-5-10(12)14/h4-5,8H,3,6-7H2,1-2H3.